The van der Waals surface area contributed by atoms with Gasteiger partial charge in [0.2, 0.25) is 17.8 Å². The van der Waals surface area contributed by atoms with E-state index in [2.05, 4.69) is 15.0 Å². The summed E-state index contributed by atoms with van der Waals surface area (Å²) < 4.78 is 20.8. The highest BCUT2D eigenvalue weighted by Gasteiger charge is 2.21. The summed E-state index contributed by atoms with van der Waals surface area (Å²) >= 11 is 0. The number of amides is 1. The van der Waals surface area contributed by atoms with Gasteiger partial charge in [0.1, 0.15) is 20.2 Å². The molecule has 1 N–H and O–H groups in total. The number of carbonyl (C=O) groups is 1. The van der Waals surface area contributed by atoms with Crippen LogP contribution in [0.4, 0.5) is 17.8 Å². The van der Waals surface area contributed by atoms with Gasteiger partial charge in [-0.15, -0.1) is 0 Å². The van der Waals surface area contributed by atoms with Gasteiger partial charge < -0.3 is 18.9 Å². The molecular weight excluding hydrogens is 384 g/mol. The Kier molecular flexibility index (Phi) is 11.7. The van der Waals surface area contributed by atoms with Crippen LogP contribution in [-0.2, 0) is 23.7 Å². The van der Waals surface area contributed by atoms with E-state index < -0.39 is 0 Å². The Balaban J connectivity index is 3.15. The molecule has 0 unspecified atom stereocenters. The minimum absolute atomic E-state index is 0.0176. The van der Waals surface area contributed by atoms with E-state index in [0.29, 0.717) is 13.2 Å². The smallest absolute Gasteiger partial charge is 0.256 e. The lowest BCUT2D eigenvalue weighted by Gasteiger charge is -2.25. The third-order valence-electron chi connectivity index (χ3n) is 3.47. The number of hydrogen-bond donors (Lipinski definition) is 1. The molecule has 0 fully saturated rings. The molecule has 0 radical (unpaired) electrons. The Bertz CT molecular complexity index is 647. The summed E-state index contributed by atoms with van der Waals surface area (Å²) in [4.78, 5) is 27.5. The highest BCUT2D eigenvalue weighted by molar-refractivity contribution is 5.89. The average Bonchev–Trinajstić information content (AvgIpc) is 2.72. The highest BCUT2D eigenvalue weighted by Crippen LogP contribution is 2.19. The van der Waals surface area contributed by atoms with Crippen LogP contribution < -0.4 is 14.9 Å². The molecule has 12 heteroatoms. The Morgan fingerprint density at radius 1 is 0.931 bits per heavy atom. The third-order valence-corrected chi connectivity index (χ3v) is 3.47. The van der Waals surface area contributed by atoms with Gasteiger partial charge in [-0.2, -0.15) is 15.0 Å². The van der Waals surface area contributed by atoms with E-state index in [1.807, 2.05) is 12.2 Å². The Hall–Kier alpha value is -2.38. The van der Waals surface area contributed by atoms with Crippen molar-refractivity contribution in [1.82, 2.24) is 15.0 Å². The van der Waals surface area contributed by atoms with Crippen LogP contribution in [0.1, 0.15) is 13.8 Å². The zero-order chi connectivity index (χ0) is 21.6. The Labute approximate surface area is 170 Å². The van der Waals surface area contributed by atoms with Crippen molar-refractivity contribution in [1.29, 1.82) is 0 Å². The first-order chi connectivity index (χ1) is 14.0. The number of nitrogens with zero attached hydrogens (tertiary/aromatic N) is 6. The quantitative estimate of drug-likeness (QED) is 0.200. The molecule has 29 heavy (non-hydrogen) atoms. The van der Waals surface area contributed by atoms with Gasteiger partial charge in [-0.3, -0.25) is 19.8 Å². The summed E-state index contributed by atoms with van der Waals surface area (Å²) in [5.74, 6) is -0.139. The van der Waals surface area contributed by atoms with E-state index >= 15 is 0 Å². The van der Waals surface area contributed by atoms with Crippen molar-refractivity contribution in [2.45, 2.75) is 13.8 Å². The molecule has 1 aromatic rings. The Morgan fingerprint density at radius 3 is 2.14 bits per heavy atom. The van der Waals surface area contributed by atoms with E-state index in [9.17, 15) is 10.0 Å². The lowest BCUT2D eigenvalue weighted by Crippen LogP contribution is -2.35. The van der Waals surface area contributed by atoms with E-state index in [0.717, 1.165) is 5.06 Å². The maximum absolute atomic E-state index is 12.0. The SMILES string of the molecule is CCN(O)c1nc(N(COC)COC/C=C/COC)nc(N(COC)C(C)=O)n1. The lowest BCUT2D eigenvalue weighted by atomic mass is 10.5. The Morgan fingerprint density at radius 2 is 1.55 bits per heavy atom. The zero-order valence-electron chi connectivity index (χ0n) is 17.6. The first kappa shape index (κ1) is 24.7. The molecule has 1 rings (SSSR count). The zero-order valence-corrected chi connectivity index (χ0v) is 17.6. The molecule has 0 bridgehead atoms. The molecule has 0 atom stereocenters. The van der Waals surface area contributed by atoms with Gasteiger partial charge in [0.05, 0.1) is 13.2 Å². The van der Waals surface area contributed by atoms with Crippen LogP contribution in [0, 0.1) is 0 Å². The number of ether oxygens (including phenoxy) is 4. The molecule has 1 heterocycles. The van der Waals surface area contributed by atoms with Gasteiger partial charge in [0, 0.05) is 34.8 Å². The molecule has 0 aliphatic heterocycles. The van der Waals surface area contributed by atoms with Crippen LogP contribution in [0.25, 0.3) is 0 Å². The van der Waals surface area contributed by atoms with Crippen molar-refractivity contribution in [2.24, 2.45) is 0 Å². The number of aromatic nitrogens is 3. The van der Waals surface area contributed by atoms with Gasteiger partial charge in [-0.1, -0.05) is 12.2 Å². The minimum Gasteiger partial charge on any atom is -0.381 e. The van der Waals surface area contributed by atoms with Crippen LogP contribution in [0.3, 0.4) is 0 Å². The molecular formula is C17H30N6O6. The topological polar surface area (TPSA) is 123 Å². The second kappa shape index (κ2) is 13.7. The summed E-state index contributed by atoms with van der Waals surface area (Å²) in [6, 6.07) is 0. The molecule has 1 aromatic heterocycles. The monoisotopic (exact) mass is 414 g/mol. The minimum atomic E-state index is -0.325. The van der Waals surface area contributed by atoms with Gasteiger partial charge >= 0.3 is 0 Å². The number of hydroxylamine groups is 1. The van der Waals surface area contributed by atoms with Crippen molar-refractivity contribution in [3.05, 3.63) is 12.2 Å². The van der Waals surface area contributed by atoms with E-state index in [-0.39, 0.29) is 50.5 Å². The normalized spacial score (nSPS) is 11.1. The largest absolute Gasteiger partial charge is 0.381 e. The average molecular weight is 414 g/mol. The van der Waals surface area contributed by atoms with Gasteiger partial charge in [-0.05, 0) is 6.92 Å². The number of anilines is 3. The summed E-state index contributed by atoms with van der Waals surface area (Å²) in [6.07, 6.45) is 3.65. The van der Waals surface area contributed by atoms with Crippen molar-refractivity contribution >= 4 is 23.8 Å². The second-order valence-corrected chi connectivity index (χ2v) is 5.70. The number of carbonyl (C=O) groups excluding carboxylic acids is 1. The van der Waals surface area contributed by atoms with Crippen LogP contribution in [-0.4, -0.2) is 87.3 Å². The first-order valence-corrected chi connectivity index (χ1v) is 8.93. The first-order valence-electron chi connectivity index (χ1n) is 8.93. The summed E-state index contributed by atoms with van der Waals surface area (Å²) in [5, 5.41) is 10.9. The van der Waals surface area contributed by atoms with Gasteiger partial charge in [0.15, 0.2) is 0 Å². The van der Waals surface area contributed by atoms with Crippen molar-refractivity contribution in [3.63, 3.8) is 0 Å². The van der Waals surface area contributed by atoms with E-state index in [1.165, 1.54) is 26.0 Å². The molecule has 12 nitrogen and oxygen atoms in total. The highest BCUT2D eigenvalue weighted by atomic mass is 16.5. The molecule has 1 amide bonds. The molecule has 164 valence electrons. The predicted molar refractivity (Wildman–Crippen MR) is 106 cm³/mol. The predicted octanol–water partition coefficient (Wildman–Crippen LogP) is 0.631. The van der Waals surface area contributed by atoms with Crippen LogP contribution in [0.2, 0.25) is 0 Å². The van der Waals surface area contributed by atoms with Gasteiger partial charge in [-0.25, -0.2) is 5.06 Å². The maximum Gasteiger partial charge on any atom is 0.256 e. The molecule has 0 spiro atoms. The van der Waals surface area contributed by atoms with E-state index in [1.54, 1.807) is 18.9 Å². The summed E-state index contributed by atoms with van der Waals surface area (Å²) in [5.41, 5.74) is 0. The molecule has 0 saturated carbocycles. The van der Waals surface area contributed by atoms with Crippen LogP contribution in [0.15, 0.2) is 12.2 Å². The standard InChI is InChI=1S/C17H30N6O6/c1-6-23(25)17-19-15(18-16(20-17)22(13-28-5)14(2)24)21(11-27-4)12-29-10-8-7-9-26-3/h7-8,25H,6,9-13H2,1-5H3/b8-7+. The maximum atomic E-state index is 12.0. The van der Waals surface area contributed by atoms with Crippen molar-refractivity contribution < 1.29 is 28.9 Å². The molecule has 0 aliphatic carbocycles. The van der Waals surface area contributed by atoms with Crippen molar-refractivity contribution in [3.8, 4) is 0 Å². The van der Waals surface area contributed by atoms with Crippen molar-refractivity contribution in [2.75, 3.05) is 76.1 Å². The fraction of sp³-hybridized carbons (Fsp3) is 0.647. The van der Waals surface area contributed by atoms with Gasteiger partial charge in [0.25, 0.3) is 5.95 Å². The lowest BCUT2D eigenvalue weighted by molar-refractivity contribution is -0.117. The third kappa shape index (κ3) is 8.25. The van der Waals surface area contributed by atoms with Crippen LogP contribution in [0.5, 0.6) is 0 Å². The van der Waals surface area contributed by atoms with Crippen LogP contribution >= 0.6 is 0 Å². The second-order valence-electron chi connectivity index (χ2n) is 5.70. The molecule has 0 aliphatic rings. The molecule has 0 saturated heterocycles. The number of rotatable bonds is 14. The summed E-state index contributed by atoms with van der Waals surface area (Å²) in [6.45, 7) is 4.33. The number of methoxy groups -OCH3 is 3. The fourth-order valence-corrected chi connectivity index (χ4v) is 2.05. The molecule has 0 aromatic carbocycles. The van der Waals surface area contributed by atoms with E-state index in [4.69, 9.17) is 18.9 Å². The number of hydrogen-bond acceptors (Lipinski definition) is 11. The summed E-state index contributed by atoms with van der Waals surface area (Å²) in [7, 11) is 4.58. The fourth-order valence-electron chi connectivity index (χ4n) is 2.05.